The summed E-state index contributed by atoms with van der Waals surface area (Å²) in [5.74, 6) is -0.167. The fourth-order valence-electron chi connectivity index (χ4n) is 5.17. The molecule has 2 bridgehead atoms. The molecule has 1 heterocycles. The zero-order valence-corrected chi connectivity index (χ0v) is 15.2. The van der Waals surface area contributed by atoms with E-state index in [1.807, 2.05) is 0 Å². The van der Waals surface area contributed by atoms with Crippen LogP contribution >= 0.6 is 0 Å². The van der Waals surface area contributed by atoms with Crippen molar-refractivity contribution in [1.29, 1.82) is 0 Å². The summed E-state index contributed by atoms with van der Waals surface area (Å²) < 4.78 is 0. The molecule has 25 heavy (non-hydrogen) atoms. The van der Waals surface area contributed by atoms with Crippen molar-refractivity contribution in [1.82, 2.24) is 10.2 Å². The maximum atomic E-state index is 12.8. The third-order valence-corrected chi connectivity index (χ3v) is 7.45. The van der Waals surface area contributed by atoms with Crippen molar-refractivity contribution >= 4 is 17.7 Å². The quantitative estimate of drug-likeness (QED) is 0.842. The van der Waals surface area contributed by atoms with Gasteiger partial charge in [0.05, 0.1) is 11.1 Å². The maximum Gasteiger partial charge on any atom is 0.261 e. The molecule has 0 radical (unpaired) electrons. The number of benzene rings is 1. The highest BCUT2D eigenvalue weighted by molar-refractivity contribution is 6.21. The summed E-state index contributed by atoms with van der Waals surface area (Å²) in [6.45, 7) is 6.91. The molecule has 3 atom stereocenters. The fraction of sp³-hybridized carbons (Fsp3) is 0.550. The zero-order chi connectivity index (χ0) is 18.1. The van der Waals surface area contributed by atoms with E-state index in [2.05, 4.69) is 26.1 Å². The molecule has 3 aliphatic rings. The summed E-state index contributed by atoms with van der Waals surface area (Å²) in [7, 11) is 1.46. The fourth-order valence-corrected chi connectivity index (χ4v) is 5.17. The highest BCUT2D eigenvalue weighted by Gasteiger charge is 2.61. The van der Waals surface area contributed by atoms with Crippen molar-refractivity contribution in [2.45, 2.75) is 46.1 Å². The second-order valence-corrected chi connectivity index (χ2v) is 8.57. The predicted molar refractivity (Wildman–Crippen MR) is 93.3 cm³/mol. The predicted octanol–water partition coefficient (Wildman–Crippen LogP) is 2.86. The highest BCUT2D eigenvalue weighted by atomic mass is 16.2. The largest absolute Gasteiger partial charge is 0.349 e. The van der Waals surface area contributed by atoms with Crippen molar-refractivity contribution in [3.05, 3.63) is 34.9 Å². The maximum absolute atomic E-state index is 12.8. The van der Waals surface area contributed by atoms with Gasteiger partial charge in [0, 0.05) is 18.7 Å². The smallest absolute Gasteiger partial charge is 0.261 e. The van der Waals surface area contributed by atoms with Crippen LogP contribution in [0.4, 0.5) is 0 Å². The van der Waals surface area contributed by atoms with Gasteiger partial charge in [-0.15, -0.1) is 0 Å². The average molecular weight is 340 g/mol. The Morgan fingerprint density at radius 2 is 1.84 bits per heavy atom. The van der Waals surface area contributed by atoms with E-state index in [1.54, 1.807) is 18.2 Å². The third kappa shape index (κ3) is 1.98. The summed E-state index contributed by atoms with van der Waals surface area (Å²) >= 11 is 0. The van der Waals surface area contributed by atoms with Gasteiger partial charge in [0.25, 0.3) is 17.7 Å². The number of carbonyl (C=O) groups is 3. The average Bonchev–Trinajstić information content (AvgIpc) is 3.02. The van der Waals surface area contributed by atoms with Crippen LogP contribution in [0.5, 0.6) is 0 Å². The topological polar surface area (TPSA) is 66.5 Å². The molecule has 2 fully saturated rings. The third-order valence-electron chi connectivity index (χ3n) is 7.45. The van der Waals surface area contributed by atoms with Crippen molar-refractivity contribution in [2.75, 3.05) is 7.05 Å². The molecule has 0 aromatic heterocycles. The Morgan fingerprint density at radius 3 is 2.44 bits per heavy atom. The van der Waals surface area contributed by atoms with Crippen LogP contribution in [0.2, 0.25) is 0 Å². The number of amides is 3. The van der Waals surface area contributed by atoms with E-state index in [0.29, 0.717) is 22.6 Å². The molecule has 132 valence electrons. The molecule has 1 N–H and O–H groups in total. The summed E-state index contributed by atoms with van der Waals surface area (Å²) in [4.78, 5) is 38.0. The molecule has 2 aliphatic carbocycles. The lowest BCUT2D eigenvalue weighted by molar-refractivity contribution is 0.0692. The number of nitrogens with zero attached hydrogens (tertiary/aromatic N) is 1. The highest BCUT2D eigenvalue weighted by Crippen LogP contribution is 2.65. The number of rotatable bonds is 2. The van der Waals surface area contributed by atoms with Crippen LogP contribution in [0, 0.1) is 16.7 Å². The van der Waals surface area contributed by atoms with E-state index >= 15 is 0 Å². The number of nitrogens with one attached hydrogen (secondary N) is 1. The van der Waals surface area contributed by atoms with Gasteiger partial charge in [0.1, 0.15) is 0 Å². The van der Waals surface area contributed by atoms with E-state index < -0.39 is 0 Å². The Kier molecular flexibility index (Phi) is 3.22. The van der Waals surface area contributed by atoms with Crippen LogP contribution in [-0.2, 0) is 0 Å². The Labute approximate surface area is 147 Å². The second-order valence-electron chi connectivity index (χ2n) is 8.57. The number of hydrogen-bond donors (Lipinski definition) is 1. The number of carbonyl (C=O) groups excluding carboxylic acids is 3. The molecule has 5 heteroatoms. The zero-order valence-electron chi connectivity index (χ0n) is 15.2. The normalized spacial score (nSPS) is 32.2. The minimum atomic E-state index is -0.345. The first kappa shape index (κ1) is 16.3. The van der Waals surface area contributed by atoms with Gasteiger partial charge < -0.3 is 5.32 Å². The standard InChI is InChI=1S/C20H24N2O3/c1-19(2)12-7-8-20(19,3)15(10-12)21-16(23)11-5-6-13-14(9-11)18(25)22(4)17(13)24/h5-6,9,12,15H,7-8,10H2,1-4H3,(H,21,23). The molecule has 1 aromatic rings. The van der Waals surface area contributed by atoms with E-state index in [0.717, 1.165) is 17.7 Å². The Morgan fingerprint density at radius 1 is 1.16 bits per heavy atom. The van der Waals surface area contributed by atoms with Crippen molar-refractivity contribution < 1.29 is 14.4 Å². The first-order valence-corrected chi connectivity index (χ1v) is 8.94. The lowest BCUT2D eigenvalue weighted by Crippen LogP contribution is -2.46. The molecular weight excluding hydrogens is 316 g/mol. The van der Waals surface area contributed by atoms with Crippen LogP contribution in [0.1, 0.15) is 71.1 Å². The van der Waals surface area contributed by atoms with Gasteiger partial charge in [-0.05, 0) is 54.2 Å². The molecule has 2 saturated carbocycles. The van der Waals surface area contributed by atoms with Gasteiger partial charge in [-0.1, -0.05) is 20.8 Å². The first-order valence-electron chi connectivity index (χ1n) is 8.94. The molecule has 1 aromatic carbocycles. The minimum absolute atomic E-state index is 0.107. The number of fused-ring (bicyclic) bond motifs is 3. The van der Waals surface area contributed by atoms with Gasteiger partial charge in [0.15, 0.2) is 0 Å². The lowest BCUT2D eigenvalue weighted by atomic mass is 9.69. The van der Waals surface area contributed by atoms with Crippen LogP contribution < -0.4 is 5.32 Å². The van der Waals surface area contributed by atoms with Crippen molar-refractivity contribution in [3.8, 4) is 0 Å². The summed E-state index contributed by atoms with van der Waals surface area (Å²) in [6.07, 6.45) is 3.38. The molecule has 3 amide bonds. The van der Waals surface area contributed by atoms with Crippen molar-refractivity contribution in [3.63, 3.8) is 0 Å². The van der Waals surface area contributed by atoms with Crippen LogP contribution in [-0.4, -0.2) is 35.7 Å². The van der Waals surface area contributed by atoms with Gasteiger partial charge in [0.2, 0.25) is 0 Å². The molecule has 0 saturated heterocycles. The molecule has 5 nitrogen and oxygen atoms in total. The van der Waals surface area contributed by atoms with E-state index in [1.165, 1.54) is 13.5 Å². The van der Waals surface area contributed by atoms with E-state index in [4.69, 9.17) is 0 Å². The summed E-state index contributed by atoms with van der Waals surface area (Å²) in [5, 5.41) is 3.20. The minimum Gasteiger partial charge on any atom is -0.349 e. The van der Waals surface area contributed by atoms with E-state index in [9.17, 15) is 14.4 Å². The Balaban J connectivity index is 1.58. The van der Waals surface area contributed by atoms with Crippen LogP contribution in [0.3, 0.4) is 0 Å². The second kappa shape index (κ2) is 4.93. The SMILES string of the molecule is CN1C(=O)c2ccc(C(=O)NC3CC4CCC3(C)C4(C)C)cc2C1=O. The van der Waals surface area contributed by atoms with Gasteiger partial charge in [-0.3, -0.25) is 19.3 Å². The van der Waals surface area contributed by atoms with E-state index in [-0.39, 0.29) is 34.6 Å². The van der Waals surface area contributed by atoms with Gasteiger partial charge in [-0.25, -0.2) is 0 Å². The monoisotopic (exact) mass is 340 g/mol. The number of imide groups is 1. The summed E-state index contributed by atoms with van der Waals surface area (Å²) in [5.41, 5.74) is 1.47. The van der Waals surface area contributed by atoms with Gasteiger partial charge >= 0.3 is 0 Å². The first-order chi connectivity index (χ1) is 11.7. The van der Waals surface area contributed by atoms with Crippen molar-refractivity contribution in [2.24, 2.45) is 16.7 Å². The number of hydrogen-bond acceptors (Lipinski definition) is 3. The Bertz CT molecular complexity index is 813. The van der Waals surface area contributed by atoms with Crippen LogP contribution in [0.15, 0.2) is 18.2 Å². The van der Waals surface area contributed by atoms with Crippen LogP contribution in [0.25, 0.3) is 0 Å². The Hall–Kier alpha value is -2.17. The molecule has 3 unspecified atom stereocenters. The summed E-state index contributed by atoms with van der Waals surface area (Å²) in [6, 6.07) is 4.93. The molecule has 1 aliphatic heterocycles. The molecule has 4 rings (SSSR count). The lowest BCUT2D eigenvalue weighted by Gasteiger charge is -2.39. The van der Waals surface area contributed by atoms with Gasteiger partial charge in [-0.2, -0.15) is 0 Å². The molecule has 0 spiro atoms. The molecular formula is C20H24N2O3.